The van der Waals surface area contributed by atoms with Crippen LogP contribution in [-0.2, 0) is 11.2 Å². The van der Waals surface area contributed by atoms with Crippen LogP contribution in [0.2, 0.25) is 0 Å². The van der Waals surface area contributed by atoms with E-state index < -0.39 is 0 Å². The van der Waals surface area contributed by atoms with Gasteiger partial charge in [0.25, 0.3) is 0 Å². The number of hydrogen-bond donors (Lipinski definition) is 1. The van der Waals surface area contributed by atoms with E-state index in [0.717, 1.165) is 18.5 Å². The van der Waals surface area contributed by atoms with E-state index in [0.29, 0.717) is 0 Å². The van der Waals surface area contributed by atoms with Crippen LogP contribution < -0.4 is 5.73 Å². The largest absolute Gasteiger partial charge is 0.368 e. The molecule has 1 amide bonds. The maximum Gasteiger partial charge on any atom is 0.239 e. The van der Waals surface area contributed by atoms with E-state index >= 15 is 0 Å². The fourth-order valence-electron chi connectivity index (χ4n) is 2.06. The first-order chi connectivity index (χ1) is 6.70. The maximum atomic E-state index is 11.3. The monoisotopic (exact) mass is 226 g/mol. The number of carbonyl (C=O) groups is 1. The molecule has 82 valence electrons. The van der Waals surface area contributed by atoms with E-state index in [-0.39, 0.29) is 24.4 Å². The Morgan fingerprint density at radius 2 is 2.13 bits per heavy atom. The fourth-order valence-corrected chi connectivity index (χ4v) is 2.06. The van der Waals surface area contributed by atoms with Crippen molar-refractivity contribution >= 4 is 18.3 Å². The van der Waals surface area contributed by atoms with Crippen LogP contribution in [-0.4, -0.2) is 24.4 Å². The summed E-state index contributed by atoms with van der Waals surface area (Å²) >= 11 is 0. The van der Waals surface area contributed by atoms with Gasteiger partial charge in [-0.05, 0) is 24.6 Å². The van der Waals surface area contributed by atoms with Crippen LogP contribution in [0, 0.1) is 0 Å². The molecule has 0 aromatic heterocycles. The zero-order valence-corrected chi connectivity index (χ0v) is 9.46. The first kappa shape index (κ1) is 12.0. The molecule has 0 saturated carbocycles. The normalized spacial score (nSPS) is 20.2. The molecule has 15 heavy (non-hydrogen) atoms. The number of benzene rings is 1. The number of rotatable bonds is 1. The number of likely N-dealkylation sites (N-methyl/N-ethyl adjacent to an activating group) is 1. The van der Waals surface area contributed by atoms with Gasteiger partial charge in [-0.1, -0.05) is 24.3 Å². The smallest absolute Gasteiger partial charge is 0.239 e. The van der Waals surface area contributed by atoms with Crippen LogP contribution in [0.25, 0.3) is 0 Å². The molecule has 0 saturated heterocycles. The third kappa shape index (κ3) is 2.13. The van der Waals surface area contributed by atoms with E-state index in [1.807, 2.05) is 30.1 Å². The number of primary amides is 1. The van der Waals surface area contributed by atoms with Crippen molar-refractivity contribution in [1.82, 2.24) is 4.90 Å². The van der Waals surface area contributed by atoms with Gasteiger partial charge < -0.3 is 5.73 Å². The molecule has 0 radical (unpaired) electrons. The Morgan fingerprint density at radius 1 is 1.47 bits per heavy atom. The van der Waals surface area contributed by atoms with E-state index in [4.69, 9.17) is 5.73 Å². The molecule has 1 aromatic rings. The molecule has 0 spiro atoms. The minimum absolute atomic E-state index is 0. The van der Waals surface area contributed by atoms with Gasteiger partial charge in [-0.25, -0.2) is 0 Å². The summed E-state index contributed by atoms with van der Waals surface area (Å²) in [5.41, 5.74) is 7.70. The lowest BCUT2D eigenvalue weighted by molar-refractivity contribution is -0.123. The number of nitrogens with zero attached hydrogens (tertiary/aromatic N) is 1. The summed E-state index contributed by atoms with van der Waals surface area (Å²) in [4.78, 5) is 13.3. The molecule has 0 fully saturated rings. The van der Waals surface area contributed by atoms with Gasteiger partial charge in [0.15, 0.2) is 0 Å². The van der Waals surface area contributed by atoms with Crippen molar-refractivity contribution in [1.29, 1.82) is 0 Å². The SMILES string of the molecule is CN1CCc2ccccc2C1C(N)=O.Cl. The molecule has 1 aliphatic rings. The number of carbonyl (C=O) groups excluding carboxylic acids is 1. The second-order valence-corrected chi connectivity index (χ2v) is 3.73. The number of fused-ring (bicyclic) bond motifs is 1. The van der Waals surface area contributed by atoms with Gasteiger partial charge in [0.05, 0.1) is 0 Å². The molecule has 2 rings (SSSR count). The lowest BCUT2D eigenvalue weighted by atomic mass is 9.93. The number of hydrogen-bond acceptors (Lipinski definition) is 2. The van der Waals surface area contributed by atoms with E-state index in [1.54, 1.807) is 0 Å². The standard InChI is InChI=1S/C11H14N2O.ClH/c1-13-7-6-8-4-2-3-5-9(8)10(13)11(12)14;/h2-5,10H,6-7H2,1H3,(H2,12,14);1H. The molecule has 3 nitrogen and oxygen atoms in total. The Bertz CT molecular complexity index is 367. The maximum absolute atomic E-state index is 11.3. The highest BCUT2D eigenvalue weighted by atomic mass is 35.5. The minimum Gasteiger partial charge on any atom is -0.368 e. The molecule has 1 atom stereocenters. The summed E-state index contributed by atoms with van der Waals surface area (Å²) in [7, 11) is 1.94. The molecule has 1 aliphatic heterocycles. The zero-order valence-electron chi connectivity index (χ0n) is 8.64. The second kappa shape index (κ2) is 4.64. The highest BCUT2D eigenvalue weighted by Crippen LogP contribution is 2.27. The Hall–Kier alpha value is -1.06. The summed E-state index contributed by atoms with van der Waals surface area (Å²) in [5.74, 6) is -0.264. The highest BCUT2D eigenvalue weighted by molar-refractivity contribution is 5.85. The highest BCUT2D eigenvalue weighted by Gasteiger charge is 2.28. The molecular weight excluding hydrogens is 212 g/mol. The van der Waals surface area contributed by atoms with E-state index in [1.165, 1.54) is 5.56 Å². The second-order valence-electron chi connectivity index (χ2n) is 3.73. The molecule has 4 heteroatoms. The molecule has 1 aromatic carbocycles. The fraction of sp³-hybridized carbons (Fsp3) is 0.364. The van der Waals surface area contributed by atoms with Gasteiger partial charge in [0.2, 0.25) is 5.91 Å². The summed E-state index contributed by atoms with van der Waals surface area (Å²) in [6.07, 6.45) is 0.996. The zero-order chi connectivity index (χ0) is 10.1. The van der Waals surface area contributed by atoms with Crippen molar-refractivity contribution in [3.63, 3.8) is 0 Å². The Kier molecular flexibility index (Phi) is 3.72. The van der Waals surface area contributed by atoms with Gasteiger partial charge in [-0.2, -0.15) is 0 Å². The average Bonchev–Trinajstić information content (AvgIpc) is 2.17. The van der Waals surface area contributed by atoms with Crippen molar-refractivity contribution in [3.8, 4) is 0 Å². The van der Waals surface area contributed by atoms with Crippen molar-refractivity contribution < 1.29 is 4.79 Å². The minimum atomic E-state index is -0.264. The first-order valence-corrected chi connectivity index (χ1v) is 4.77. The lowest BCUT2D eigenvalue weighted by Crippen LogP contribution is -2.40. The van der Waals surface area contributed by atoms with E-state index in [2.05, 4.69) is 6.07 Å². The molecule has 1 heterocycles. The summed E-state index contributed by atoms with van der Waals surface area (Å²) in [6.45, 7) is 0.893. The third-order valence-electron chi connectivity index (χ3n) is 2.79. The Labute approximate surface area is 95.7 Å². The molecule has 0 bridgehead atoms. The number of nitrogens with two attached hydrogens (primary N) is 1. The van der Waals surface area contributed by atoms with Crippen molar-refractivity contribution in [3.05, 3.63) is 35.4 Å². The van der Waals surface area contributed by atoms with Crippen LogP contribution in [0.1, 0.15) is 17.2 Å². The Morgan fingerprint density at radius 3 is 2.80 bits per heavy atom. The van der Waals surface area contributed by atoms with Gasteiger partial charge in [0.1, 0.15) is 6.04 Å². The number of amides is 1. The summed E-state index contributed by atoms with van der Waals surface area (Å²) < 4.78 is 0. The van der Waals surface area contributed by atoms with Crippen molar-refractivity contribution in [2.24, 2.45) is 5.73 Å². The van der Waals surface area contributed by atoms with Gasteiger partial charge in [-0.15, -0.1) is 12.4 Å². The van der Waals surface area contributed by atoms with E-state index in [9.17, 15) is 4.79 Å². The molecule has 1 unspecified atom stereocenters. The van der Waals surface area contributed by atoms with Crippen LogP contribution in [0.5, 0.6) is 0 Å². The quantitative estimate of drug-likeness (QED) is 0.780. The molecular formula is C11H15ClN2O. The van der Waals surface area contributed by atoms with Crippen LogP contribution in [0.4, 0.5) is 0 Å². The summed E-state index contributed by atoms with van der Waals surface area (Å²) in [6, 6.07) is 7.76. The predicted octanol–water partition coefficient (Wildman–Crippen LogP) is 1.12. The number of halogens is 1. The predicted molar refractivity (Wildman–Crippen MR) is 62.0 cm³/mol. The molecule has 0 aliphatic carbocycles. The summed E-state index contributed by atoms with van der Waals surface area (Å²) in [5, 5.41) is 0. The van der Waals surface area contributed by atoms with Gasteiger partial charge >= 0.3 is 0 Å². The average molecular weight is 227 g/mol. The van der Waals surface area contributed by atoms with Crippen molar-refractivity contribution in [2.75, 3.05) is 13.6 Å². The van der Waals surface area contributed by atoms with Crippen LogP contribution >= 0.6 is 12.4 Å². The molecule has 2 N–H and O–H groups in total. The van der Waals surface area contributed by atoms with Crippen LogP contribution in [0.15, 0.2) is 24.3 Å². The van der Waals surface area contributed by atoms with Crippen LogP contribution in [0.3, 0.4) is 0 Å². The van der Waals surface area contributed by atoms with Crippen molar-refractivity contribution in [2.45, 2.75) is 12.5 Å². The topological polar surface area (TPSA) is 46.3 Å². The Balaban J connectivity index is 0.00000112. The third-order valence-corrected chi connectivity index (χ3v) is 2.79. The van der Waals surface area contributed by atoms with Gasteiger partial charge in [-0.3, -0.25) is 9.69 Å². The van der Waals surface area contributed by atoms with Gasteiger partial charge in [0, 0.05) is 6.54 Å². The lowest BCUT2D eigenvalue weighted by Gasteiger charge is -2.32. The first-order valence-electron chi connectivity index (χ1n) is 4.77.